The molecular formula is C19H24N4O5S. The van der Waals surface area contributed by atoms with Crippen LogP contribution in [0.1, 0.15) is 19.8 Å². The van der Waals surface area contributed by atoms with Crippen molar-refractivity contribution in [2.75, 3.05) is 37.4 Å². The van der Waals surface area contributed by atoms with Gasteiger partial charge in [0.25, 0.3) is 0 Å². The van der Waals surface area contributed by atoms with Crippen LogP contribution in [0.3, 0.4) is 0 Å². The fourth-order valence-electron chi connectivity index (χ4n) is 3.19. The van der Waals surface area contributed by atoms with E-state index in [2.05, 4.69) is 9.97 Å². The van der Waals surface area contributed by atoms with Crippen molar-refractivity contribution in [3.8, 4) is 5.75 Å². The van der Waals surface area contributed by atoms with E-state index < -0.39 is 9.84 Å². The predicted molar refractivity (Wildman–Crippen MR) is 106 cm³/mol. The van der Waals surface area contributed by atoms with Crippen LogP contribution in [0.2, 0.25) is 0 Å². The lowest BCUT2D eigenvalue weighted by molar-refractivity contribution is -0.148. The molecule has 0 radical (unpaired) electrons. The highest BCUT2D eigenvalue weighted by atomic mass is 32.2. The lowest BCUT2D eigenvalue weighted by Gasteiger charge is -2.30. The summed E-state index contributed by atoms with van der Waals surface area (Å²) in [6, 6.07) is 6.02. The number of hydrogen-bond donors (Lipinski definition) is 1. The van der Waals surface area contributed by atoms with Crippen LogP contribution < -0.4 is 15.4 Å². The van der Waals surface area contributed by atoms with Crippen LogP contribution in [0.25, 0.3) is 0 Å². The van der Waals surface area contributed by atoms with E-state index in [1.807, 2.05) is 4.90 Å². The first-order valence-corrected chi connectivity index (χ1v) is 10.8. The number of nitrogens with two attached hydrogens (primary N) is 1. The highest BCUT2D eigenvalue weighted by molar-refractivity contribution is 7.91. The molecule has 2 heterocycles. The largest absolute Gasteiger partial charge is 0.497 e. The van der Waals surface area contributed by atoms with Crippen molar-refractivity contribution >= 4 is 27.6 Å². The summed E-state index contributed by atoms with van der Waals surface area (Å²) < 4.78 is 35.8. The quantitative estimate of drug-likeness (QED) is 0.695. The van der Waals surface area contributed by atoms with E-state index in [0.29, 0.717) is 44.2 Å². The summed E-state index contributed by atoms with van der Waals surface area (Å²) >= 11 is 0. The maximum atomic E-state index is 12.9. The van der Waals surface area contributed by atoms with Gasteiger partial charge in [-0.15, -0.1) is 0 Å². The van der Waals surface area contributed by atoms with E-state index in [4.69, 9.17) is 15.2 Å². The Bertz CT molecular complexity index is 971. The topological polar surface area (TPSA) is 125 Å². The maximum Gasteiger partial charge on any atom is 0.309 e. The first kappa shape index (κ1) is 20.8. The van der Waals surface area contributed by atoms with Crippen LogP contribution >= 0.6 is 0 Å². The summed E-state index contributed by atoms with van der Waals surface area (Å²) in [5.41, 5.74) is 5.97. The SMILES string of the molecule is CCOC(=O)C1CCN(c2ncc(S(=O)(=O)c3ccc(OC)cc3)c(N)n2)CC1. The molecule has 1 saturated heterocycles. The van der Waals surface area contributed by atoms with Gasteiger partial charge in [-0.3, -0.25) is 4.79 Å². The second kappa shape index (κ2) is 8.64. The third-order valence-corrected chi connectivity index (χ3v) is 6.61. The van der Waals surface area contributed by atoms with Crippen LogP contribution in [0.4, 0.5) is 11.8 Å². The van der Waals surface area contributed by atoms with Crippen molar-refractivity contribution in [2.45, 2.75) is 29.6 Å². The Morgan fingerprint density at radius 1 is 1.24 bits per heavy atom. The third-order valence-electron chi connectivity index (χ3n) is 4.83. The number of nitrogens with zero attached hydrogens (tertiary/aromatic N) is 3. The highest BCUT2D eigenvalue weighted by Gasteiger charge is 2.28. The molecule has 3 rings (SSSR count). The van der Waals surface area contributed by atoms with Crippen LogP contribution in [-0.2, 0) is 19.4 Å². The zero-order valence-electron chi connectivity index (χ0n) is 16.4. The van der Waals surface area contributed by atoms with Gasteiger partial charge in [0.1, 0.15) is 16.5 Å². The molecular weight excluding hydrogens is 396 g/mol. The Hall–Kier alpha value is -2.88. The molecule has 1 aliphatic heterocycles. The summed E-state index contributed by atoms with van der Waals surface area (Å²) in [5, 5.41) is 0. The summed E-state index contributed by atoms with van der Waals surface area (Å²) in [6.07, 6.45) is 2.47. The molecule has 1 aromatic heterocycles. The number of esters is 1. The Kier molecular flexibility index (Phi) is 6.21. The minimum Gasteiger partial charge on any atom is -0.497 e. The second-order valence-corrected chi connectivity index (χ2v) is 8.53. The van der Waals surface area contributed by atoms with Gasteiger partial charge in [0, 0.05) is 13.1 Å². The molecule has 2 aromatic rings. The zero-order valence-corrected chi connectivity index (χ0v) is 17.2. The smallest absolute Gasteiger partial charge is 0.309 e. The molecule has 10 heteroatoms. The minimum absolute atomic E-state index is 0.0802. The number of benzene rings is 1. The standard InChI is InChI=1S/C19H24N4O5S/c1-3-28-18(24)13-8-10-23(11-9-13)19-21-12-16(17(20)22-19)29(25,26)15-6-4-14(27-2)5-7-15/h4-7,12-13H,3,8-11H2,1-2H3,(H2,20,21,22). The molecule has 0 unspecified atom stereocenters. The Morgan fingerprint density at radius 3 is 2.45 bits per heavy atom. The number of carbonyl (C=O) groups excluding carboxylic acids is 1. The molecule has 1 aliphatic rings. The molecule has 1 fully saturated rings. The molecule has 1 aromatic carbocycles. The Morgan fingerprint density at radius 2 is 1.90 bits per heavy atom. The first-order chi connectivity index (χ1) is 13.9. The van der Waals surface area contributed by atoms with Crippen molar-refractivity contribution in [3.63, 3.8) is 0 Å². The lowest BCUT2D eigenvalue weighted by Crippen LogP contribution is -2.38. The highest BCUT2D eigenvalue weighted by Crippen LogP contribution is 2.28. The first-order valence-electron chi connectivity index (χ1n) is 9.30. The number of piperidine rings is 1. The van der Waals surface area contributed by atoms with Gasteiger partial charge in [0.2, 0.25) is 15.8 Å². The Labute approximate surface area is 169 Å². The van der Waals surface area contributed by atoms with Crippen molar-refractivity contribution in [2.24, 2.45) is 5.92 Å². The number of methoxy groups -OCH3 is 1. The number of rotatable bonds is 6. The number of nitrogen functional groups attached to an aromatic ring is 1. The van der Waals surface area contributed by atoms with Crippen molar-refractivity contribution in [3.05, 3.63) is 30.5 Å². The lowest BCUT2D eigenvalue weighted by atomic mass is 9.97. The van der Waals surface area contributed by atoms with Gasteiger partial charge in [0.15, 0.2) is 0 Å². The number of aromatic nitrogens is 2. The number of ether oxygens (including phenoxy) is 2. The van der Waals surface area contributed by atoms with E-state index in [9.17, 15) is 13.2 Å². The van der Waals surface area contributed by atoms with E-state index in [-0.39, 0.29) is 27.5 Å². The molecule has 0 atom stereocenters. The summed E-state index contributed by atoms with van der Waals surface area (Å²) in [4.78, 5) is 22.1. The third kappa shape index (κ3) is 4.42. The van der Waals surface area contributed by atoms with E-state index >= 15 is 0 Å². The molecule has 156 valence electrons. The van der Waals surface area contributed by atoms with Crippen LogP contribution in [-0.4, -0.2) is 51.2 Å². The monoisotopic (exact) mass is 420 g/mol. The average Bonchev–Trinajstić information content (AvgIpc) is 2.74. The summed E-state index contributed by atoms with van der Waals surface area (Å²) in [6.45, 7) is 3.27. The van der Waals surface area contributed by atoms with Crippen molar-refractivity contribution < 1.29 is 22.7 Å². The molecule has 0 aliphatic carbocycles. The van der Waals surface area contributed by atoms with Gasteiger partial charge in [-0.1, -0.05) is 0 Å². The fraction of sp³-hybridized carbons (Fsp3) is 0.421. The molecule has 0 bridgehead atoms. The molecule has 0 spiro atoms. The average molecular weight is 420 g/mol. The minimum atomic E-state index is -3.85. The van der Waals surface area contributed by atoms with Crippen molar-refractivity contribution in [1.82, 2.24) is 9.97 Å². The van der Waals surface area contributed by atoms with Gasteiger partial charge in [-0.2, -0.15) is 4.98 Å². The summed E-state index contributed by atoms with van der Waals surface area (Å²) in [7, 11) is -2.35. The zero-order chi connectivity index (χ0) is 21.0. The number of sulfone groups is 1. The van der Waals surface area contributed by atoms with Gasteiger partial charge in [-0.25, -0.2) is 13.4 Å². The molecule has 2 N–H and O–H groups in total. The summed E-state index contributed by atoms with van der Waals surface area (Å²) in [5.74, 6) is 0.457. The van der Waals surface area contributed by atoms with E-state index in [1.165, 1.54) is 25.4 Å². The van der Waals surface area contributed by atoms with Gasteiger partial charge >= 0.3 is 5.97 Å². The van der Waals surface area contributed by atoms with Gasteiger partial charge < -0.3 is 20.1 Å². The fourth-order valence-corrected chi connectivity index (χ4v) is 4.45. The van der Waals surface area contributed by atoms with E-state index in [0.717, 1.165) is 0 Å². The Balaban J connectivity index is 1.76. The normalized spacial score (nSPS) is 15.2. The maximum absolute atomic E-state index is 12.9. The van der Waals surface area contributed by atoms with Crippen LogP contribution in [0.5, 0.6) is 5.75 Å². The van der Waals surface area contributed by atoms with Crippen LogP contribution in [0, 0.1) is 5.92 Å². The number of carbonyl (C=O) groups is 1. The predicted octanol–water partition coefficient (Wildman–Crippen LogP) is 1.68. The van der Waals surface area contributed by atoms with Crippen LogP contribution in [0.15, 0.2) is 40.3 Å². The van der Waals surface area contributed by atoms with Gasteiger partial charge in [-0.05, 0) is 44.0 Å². The van der Waals surface area contributed by atoms with E-state index in [1.54, 1.807) is 19.1 Å². The second-order valence-electron chi connectivity index (χ2n) is 6.61. The van der Waals surface area contributed by atoms with Crippen molar-refractivity contribution in [1.29, 1.82) is 0 Å². The molecule has 29 heavy (non-hydrogen) atoms. The molecule has 9 nitrogen and oxygen atoms in total. The molecule has 0 saturated carbocycles. The number of anilines is 2. The molecule has 0 amide bonds. The number of hydrogen-bond acceptors (Lipinski definition) is 9. The van der Waals surface area contributed by atoms with Gasteiger partial charge in [0.05, 0.1) is 30.7 Å².